The van der Waals surface area contributed by atoms with Crippen molar-refractivity contribution in [2.45, 2.75) is 31.2 Å². The van der Waals surface area contributed by atoms with Gasteiger partial charge in [-0.05, 0) is 26.9 Å². The number of anilines is 2. The lowest BCUT2D eigenvalue weighted by atomic mass is 9.96. The molecule has 1 fully saturated rings. The first-order chi connectivity index (χ1) is 9.48. The number of hydrogen-bond donors (Lipinski definition) is 3. The molecule has 112 valence electrons. The lowest BCUT2D eigenvalue weighted by molar-refractivity contribution is 0.172. The number of nitrogens with two attached hydrogens (primary N) is 1. The van der Waals surface area contributed by atoms with Crippen molar-refractivity contribution < 1.29 is 8.78 Å². The van der Waals surface area contributed by atoms with E-state index in [9.17, 15) is 8.78 Å². The van der Waals surface area contributed by atoms with Crippen molar-refractivity contribution in [2.24, 2.45) is 5.84 Å². The van der Waals surface area contributed by atoms with E-state index in [1.54, 1.807) is 0 Å². The highest BCUT2D eigenvalue weighted by molar-refractivity contribution is 5.47. The van der Waals surface area contributed by atoms with Crippen molar-refractivity contribution in [3.05, 3.63) is 17.7 Å². The zero-order valence-corrected chi connectivity index (χ0v) is 11.8. The fraction of sp³-hybridized carbons (Fsp3) is 0.615. The molecule has 4 N–H and O–H groups in total. The monoisotopic (exact) mass is 285 g/mol. The van der Waals surface area contributed by atoms with Crippen molar-refractivity contribution in [1.29, 1.82) is 0 Å². The van der Waals surface area contributed by atoms with Crippen molar-refractivity contribution in [2.75, 3.05) is 31.4 Å². The van der Waals surface area contributed by atoms with Crippen LogP contribution in [0.2, 0.25) is 0 Å². The topological polar surface area (TPSA) is 66.2 Å². The molecule has 0 saturated heterocycles. The Hall–Kier alpha value is -1.47. The van der Waals surface area contributed by atoms with E-state index in [0.29, 0.717) is 6.54 Å². The average molecular weight is 285 g/mol. The second kappa shape index (κ2) is 5.88. The van der Waals surface area contributed by atoms with Crippen LogP contribution in [0.25, 0.3) is 0 Å². The Labute approximate surface area is 117 Å². The molecule has 0 aliphatic heterocycles. The molecule has 20 heavy (non-hydrogen) atoms. The Morgan fingerprint density at radius 2 is 1.85 bits per heavy atom. The number of halogens is 2. The van der Waals surface area contributed by atoms with Crippen LogP contribution >= 0.6 is 0 Å². The van der Waals surface area contributed by atoms with Crippen LogP contribution < -0.4 is 16.6 Å². The maximum absolute atomic E-state index is 13.7. The first kappa shape index (κ1) is 14.9. The van der Waals surface area contributed by atoms with Gasteiger partial charge in [-0.1, -0.05) is 12.8 Å². The fourth-order valence-corrected chi connectivity index (χ4v) is 2.76. The third kappa shape index (κ3) is 2.83. The van der Waals surface area contributed by atoms with Gasteiger partial charge in [0.1, 0.15) is 0 Å². The molecule has 0 spiro atoms. The van der Waals surface area contributed by atoms with Crippen molar-refractivity contribution in [3.63, 3.8) is 0 Å². The van der Waals surface area contributed by atoms with Crippen LogP contribution in [0.5, 0.6) is 0 Å². The molecule has 1 aromatic heterocycles. The van der Waals surface area contributed by atoms with Gasteiger partial charge in [-0.25, -0.2) is 19.6 Å². The third-order valence-corrected chi connectivity index (χ3v) is 4.13. The highest BCUT2D eigenvalue weighted by Crippen LogP contribution is 2.34. The molecule has 1 heterocycles. The average Bonchev–Trinajstić information content (AvgIpc) is 2.88. The van der Waals surface area contributed by atoms with Gasteiger partial charge < -0.3 is 15.6 Å². The zero-order valence-electron chi connectivity index (χ0n) is 11.8. The predicted molar refractivity (Wildman–Crippen MR) is 75.3 cm³/mol. The molecule has 0 bridgehead atoms. The lowest BCUT2D eigenvalue weighted by Crippen LogP contribution is -2.47. The standard InChI is InChI=1S/C13H21F2N5/c1-20(2)13(5-3-4-6-13)8-17-11-9(14)7-10(15)12(18-11)19-16/h7H,3-6,8,16H2,1-2H3,(H2,17,18,19). The zero-order chi connectivity index (χ0) is 14.8. The molecule has 0 unspecified atom stereocenters. The molecule has 0 radical (unpaired) electrons. The summed E-state index contributed by atoms with van der Waals surface area (Å²) < 4.78 is 27.0. The molecule has 5 nitrogen and oxygen atoms in total. The van der Waals surface area contributed by atoms with E-state index in [-0.39, 0.29) is 17.2 Å². The third-order valence-electron chi connectivity index (χ3n) is 4.13. The fourth-order valence-electron chi connectivity index (χ4n) is 2.76. The minimum atomic E-state index is -0.807. The number of nitrogens with one attached hydrogen (secondary N) is 2. The van der Waals surface area contributed by atoms with E-state index in [2.05, 4.69) is 20.6 Å². The summed E-state index contributed by atoms with van der Waals surface area (Å²) in [6, 6.07) is 0.779. The maximum atomic E-state index is 13.7. The lowest BCUT2D eigenvalue weighted by Gasteiger charge is -2.36. The van der Waals surface area contributed by atoms with Crippen LogP contribution in [0.4, 0.5) is 20.4 Å². The van der Waals surface area contributed by atoms with Gasteiger partial charge in [-0.2, -0.15) is 0 Å². The number of hydrazine groups is 1. The van der Waals surface area contributed by atoms with Crippen LogP contribution in [0.3, 0.4) is 0 Å². The van der Waals surface area contributed by atoms with Crippen molar-refractivity contribution in [3.8, 4) is 0 Å². The normalized spacial score (nSPS) is 17.5. The molecule has 7 heteroatoms. The van der Waals surface area contributed by atoms with Gasteiger partial charge in [0.2, 0.25) is 0 Å². The summed E-state index contributed by atoms with van der Waals surface area (Å²) >= 11 is 0. The minimum absolute atomic E-state index is 0.00118. The van der Waals surface area contributed by atoms with Crippen LogP contribution in [0, 0.1) is 11.6 Å². The number of nitrogens with zero attached hydrogens (tertiary/aromatic N) is 2. The summed E-state index contributed by atoms with van der Waals surface area (Å²) in [6.07, 6.45) is 4.43. The second-order valence-corrected chi connectivity index (χ2v) is 5.47. The van der Waals surface area contributed by atoms with E-state index in [1.807, 2.05) is 14.1 Å². The van der Waals surface area contributed by atoms with Gasteiger partial charge >= 0.3 is 0 Å². The van der Waals surface area contributed by atoms with Crippen molar-refractivity contribution in [1.82, 2.24) is 9.88 Å². The van der Waals surface area contributed by atoms with Crippen LogP contribution in [0.1, 0.15) is 25.7 Å². The van der Waals surface area contributed by atoms with Crippen LogP contribution in [-0.4, -0.2) is 36.1 Å². The summed E-state index contributed by atoms with van der Waals surface area (Å²) in [5.41, 5.74) is 2.12. The summed E-state index contributed by atoms with van der Waals surface area (Å²) in [5.74, 6) is 3.48. The second-order valence-electron chi connectivity index (χ2n) is 5.47. The van der Waals surface area contributed by atoms with Gasteiger partial charge in [0.15, 0.2) is 23.3 Å². The van der Waals surface area contributed by atoms with Crippen LogP contribution in [0.15, 0.2) is 6.07 Å². The molecular weight excluding hydrogens is 264 g/mol. The van der Waals surface area contributed by atoms with Crippen molar-refractivity contribution >= 4 is 11.6 Å². The Morgan fingerprint density at radius 3 is 2.40 bits per heavy atom. The molecule has 1 aliphatic rings. The SMILES string of the molecule is CN(C)C1(CNc2nc(NN)c(F)cc2F)CCCC1. The van der Waals surface area contributed by atoms with Gasteiger partial charge in [0.05, 0.1) is 0 Å². The number of hydrogen-bond acceptors (Lipinski definition) is 5. The van der Waals surface area contributed by atoms with Crippen LogP contribution in [-0.2, 0) is 0 Å². The largest absolute Gasteiger partial charge is 0.366 e. The predicted octanol–water partition coefficient (Wildman–Crippen LogP) is 1.93. The highest BCUT2D eigenvalue weighted by atomic mass is 19.1. The Kier molecular flexibility index (Phi) is 4.39. The Bertz CT molecular complexity index is 472. The summed E-state index contributed by atoms with van der Waals surface area (Å²) in [5, 5.41) is 2.99. The highest BCUT2D eigenvalue weighted by Gasteiger charge is 2.36. The molecular formula is C13H21F2N5. The molecule has 1 aliphatic carbocycles. The number of nitrogen functional groups attached to an aromatic ring is 1. The van der Waals surface area contributed by atoms with E-state index >= 15 is 0 Å². The smallest absolute Gasteiger partial charge is 0.178 e. The minimum Gasteiger partial charge on any atom is -0.366 e. The molecule has 0 amide bonds. The Morgan fingerprint density at radius 1 is 1.25 bits per heavy atom. The first-order valence-electron chi connectivity index (χ1n) is 6.72. The molecule has 1 aromatic rings. The molecule has 1 saturated carbocycles. The van der Waals surface area contributed by atoms with Gasteiger partial charge in [0.25, 0.3) is 0 Å². The Balaban J connectivity index is 2.14. The summed E-state index contributed by atoms with van der Waals surface area (Å²) in [4.78, 5) is 5.99. The molecule has 0 aromatic carbocycles. The van der Waals surface area contributed by atoms with E-state index < -0.39 is 11.6 Å². The summed E-state index contributed by atoms with van der Waals surface area (Å²) in [6.45, 7) is 0.569. The van der Waals surface area contributed by atoms with Gasteiger partial charge in [-0.3, -0.25) is 0 Å². The molecule has 2 rings (SSSR count). The summed E-state index contributed by atoms with van der Waals surface area (Å²) in [7, 11) is 4.04. The van der Waals surface area contributed by atoms with E-state index in [4.69, 9.17) is 5.84 Å². The number of aromatic nitrogens is 1. The number of rotatable bonds is 5. The first-order valence-corrected chi connectivity index (χ1v) is 6.72. The number of pyridine rings is 1. The van der Waals surface area contributed by atoms with E-state index in [0.717, 1.165) is 31.7 Å². The maximum Gasteiger partial charge on any atom is 0.178 e. The number of likely N-dealkylation sites (N-methyl/N-ethyl adjacent to an activating group) is 1. The van der Waals surface area contributed by atoms with E-state index in [1.165, 1.54) is 0 Å². The quantitative estimate of drug-likeness (QED) is 0.570. The van der Waals surface area contributed by atoms with Gasteiger partial charge in [-0.15, -0.1) is 0 Å². The molecule has 0 atom stereocenters. The van der Waals surface area contributed by atoms with Gasteiger partial charge in [0, 0.05) is 18.2 Å².